The van der Waals surface area contributed by atoms with Crippen molar-refractivity contribution < 1.29 is 9.47 Å². The minimum atomic E-state index is 0.234. The molecule has 0 amide bonds. The molecule has 4 rings (SSSR count). The van der Waals surface area contributed by atoms with Gasteiger partial charge in [0.1, 0.15) is 0 Å². The van der Waals surface area contributed by atoms with Gasteiger partial charge < -0.3 is 15.2 Å². The first-order chi connectivity index (χ1) is 9.72. The van der Waals surface area contributed by atoms with Gasteiger partial charge in [0.25, 0.3) is 0 Å². The van der Waals surface area contributed by atoms with Crippen LogP contribution in [0.15, 0.2) is 30.5 Å². The molecule has 0 spiro atoms. The van der Waals surface area contributed by atoms with E-state index in [1.807, 2.05) is 18.2 Å². The molecule has 0 saturated heterocycles. The van der Waals surface area contributed by atoms with E-state index in [0.29, 0.717) is 27.9 Å². The maximum atomic E-state index is 6.03. The Bertz CT molecular complexity index is 831. The molecule has 1 aromatic carbocycles. The van der Waals surface area contributed by atoms with Crippen LogP contribution in [0.5, 0.6) is 11.5 Å². The fourth-order valence-electron chi connectivity index (χ4n) is 2.22. The van der Waals surface area contributed by atoms with Crippen LogP contribution in [0.25, 0.3) is 17.0 Å². The molecule has 0 saturated carbocycles. The second kappa shape index (κ2) is 4.01. The van der Waals surface area contributed by atoms with Gasteiger partial charge in [0, 0.05) is 11.8 Å². The lowest BCUT2D eigenvalue weighted by Gasteiger charge is -2.03. The normalized spacial score (nSPS) is 13.1. The number of hydrogen-bond donors (Lipinski definition) is 1. The van der Waals surface area contributed by atoms with Crippen LogP contribution in [0.4, 0.5) is 5.69 Å². The van der Waals surface area contributed by atoms with E-state index in [2.05, 4.69) is 10.2 Å². The molecule has 0 bridgehead atoms. The Kier molecular flexibility index (Phi) is 2.28. The summed E-state index contributed by atoms with van der Waals surface area (Å²) in [4.78, 5) is 0. The second-order valence-corrected chi connectivity index (χ2v) is 4.84. The highest BCUT2D eigenvalue weighted by molar-refractivity contribution is 6.30. The number of nitrogens with zero attached hydrogens (tertiary/aromatic N) is 3. The number of halogens is 1. The lowest BCUT2D eigenvalue weighted by molar-refractivity contribution is 0.174. The predicted octanol–water partition coefficient (Wildman–Crippen LogP) is 2.36. The highest BCUT2D eigenvalue weighted by Gasteiger charge is 2.17. The highest BCUT2D eigenvalue weighted by Crippen LogP contribution is 2.35. The number of pyridine rings is 1. The minimum Gasteiger partial charge on any atom is -0.454 e. The number of ether oxygens (including phenoxy) is 2. The van der Waals surface area contributed by atoms with Crippen molar-refractivity contribution in [1.82, 2.24) is 14.6 Å². The SMILES string of the molecule is Nc1cc(Cl)cn2c(-c3ccc4c(c3)OCO4)nnc12. The highest BCUT2D eigenvalue weighted by atomic mass is 35.5. The molecule has 0 unspecified atom stereocenters. The summed E-state index contributed by atoms with van der Waals surface area (Å²) in [6, 6.07) is 7.23. The summed E-state index contributed by atoms with van der Waals surface area (Å²) in [5.74, 6) is 2.06. The van der Waals surface area contributed by atoms with Crippen molar-refractivity contribution in [3.05, 3.63) is 35.5 Å². The van der Waals surface area contributed by atoms with E-state index in [4.69, 9.17) is 26.8 Å². The number of hydrogen-bond acceptors (Lipinski definition) is 5. The Morgan fingerprint density at radius 2 is 2.00 bits per heavy atom. The predicted molar refractivity (Wildman–Crippen MR) is 74.0 cm³/mol. The molecule has 7 heteroatoms. The number of anilines is 1. The average Bonchev–Trinajstić information content (AvgIpc) is 3.03. The van der Waals surface area contributed by atoms with Gasteiger partial charge in [-0.15, -0.1) is 10.2 Å². The summed E-state index contributed by atoms with van der Waals surface area (Å²) < 4.78 is 12.4. The van der Waals surface area contributed by atoms with Crippen LogP contribution < -0.4 is 15.2 Å². The summed E-state index contributed by atoms with van der Waals surface area (Å²) in [5.41, 5.74) is 7.79. The quantitative estimate of drug-likeness (QED) is 0.744. The molecule has 3 aromatic rings. The van der Waals surface area contributed by atoms with Crippen molar-refractivity contribution >= 4 is 22.9 Å². The van der Waals surface area contributed by atoms with Crippen molar-refractivity contribution in [3.63, 3.8) is 0 Å². The van der Waals surface area contributed by atoms with Gasteiger partial charge >= 0.3 is 0 Å². The summed E-state index contributed by atoms with van der Waals surface area (Å²) in [6.45, 7) is 0.234. The first-order valence-corrected chi connectivity index (χ1v) is 6.30. The standard InChI is InChI=1S/C13H9ClN4O2/c14-8-4-9(15)13-17-16-12(18(13)5-8)7-1-2-10-11(3-7)20-6-19-10/h1-5H,6,15H2. The van der Waals surface area contributed by atoms with Gasteiger partial charge in [-0.3, -0.25) is 4.40 Å². The monoisotopic (exact) mass is 288 g/mol. The van der Waals surface area contributed by atoms with Gasteiger partial charge in [0.2, 0.25) is 6.79 Å². The third-order valence-electron chi connectivity index (χ3n) is 3.13. The molecule has 1 aliphatic rings. The van der Waals surface area contributed by atoms with E-state index in [1.165, 1.54) is 0 Å². The molecule has 3 heterocycles. The number of rotatable bonds is 1. The molecule has 20 heavy (non-hydrogen) atoms. The summed E-state index contributed by atoms with van der Waals surface area (Å²) in [6.07, 6.45) is 1.73. The lowest BCUT2D eigenvalue weighted by Crippen LogP contribution is -1.94. The minimum absolute atomic E-state index is 0.234. The van der Waals surface area contributed by atoms with Crippen molar-refractivity contribution in [3.8, 4) is 22.9 Å². The van der Waals surface area contributed by atoms with E-state index in [-0.39, 0.29) is 6.79 Å². The van der Waals surface area contributed by atoms with Crippen molar-refractivity contribution in [2.24, 2.45) is 0 Å². The molecule has 100 valence electrons. The third-order valence-corrected chi connectivity index (χ3v) is 3.34. The van der Waals surface area contributed by atoms with Gasteiger partial charge in [-0.2, -0.15) is 0 Å². The summed E-state index contributed by atoms with van der Waals surface area (Å²) in [7, 11) is 0. The lowest BCUT2D eigenvalue weighted by atomic mass is 10.2. The van der Waals surface area contributed by atoms with E-state index in [9.17, 15) is 0 Å². The maximum Gasteiger partial charge on any atom is 0.231 e. The average molecular weight is 289 g/mol. The van der Waals surface area contributed by atoms with Crippen molar-refractivity contribution in [1.29, 1.82) is 0 Å². The number of nitrogens with two attached hydrogens (primary N) is 1. The Balaban J connectivity index is 1.94. The molecular formula is C13H9ClN4O2. The number of nitrogen functional groups attached to an aromatic ring is 1. The molecule has 2 N–H and O–H groups in total. The van der Waals surface area contributed by atoms with Gasteiger partial charge in [-0.25, -0.2) is 0 Å². The molecule has 0 fully saturated rings. The molecule has 0 atom stereocenters. The van der Waals surface area contributed by atoms with E-state index in [0.717, 1.165) is 11.3 Å². The van der Waals surface area contributed by atoms with E-state index in [1.54, 1.807) is 16.7 Å². The van der Waals surface area contributed by atoms with Crippen LogP contribution in [-0.4, -0.2) is 21.4 Å². The Hall–Kier alpha value is -2.47. The smallest absolute Gasteiger partial charge is 0.231 e. The van der Waals surface area contributed by atoms with Gasteiger partial charge in [0.05, 0.1) is 10.7 Å². The van der Waals surface area contributed by atoms with Crippen molar-refractivity contribution in [2.75, 3.05) is 12.5 Å². The van der Waals surface area contributed by atoms with E-state index < -0.39 is 0 Å². The summed E-state index contributed by atoms with van der Waals surface area (Å²) >= 11 is 6.03. The van der Waals surface area contributed by atoms with Crippen LogP contribution in [0.3, 0.4) is 0 Å². The number of fused-ring (bicyclic) bond motifs is 2. The summed E-state index contributed by atoms with van der Waals surface area (Å²) in [5, 5.41) is 8.78. The van der Waals surface area contributed by atoms with Gasteiger partial charge in [0.15, 0.2) is 23.0 Å². The number of aromatic nitrogens is 3. The molecule has 0 aliphatic carbocycles. The third kappa shape index (κ3) is 1.58. The molecule has 1 aliphatic heterocycles. The van der Waals surface area contributed by atoms with Crippen LogP contribution in [0.2, 0.25) is 5.02 Å². The van der Waals surface area contributed by atoms with Crippen molar-refractivity contribution in [2.45, 2.75) is 0 Å². The molecule has 2 aromatic heterocycles. The van der Waals surface area contributed by atoms with Crippen LogP contribution >= 0.6 is 11.6 Å². The Morgan fingerprint density at radius 3 is 2.90 bits per heavy atom. The maximum absolute atomic E-state index is 6.03. The first kappa shape index (κ1) is 11.4. The van der Waals surface area contributed by atoms with Gasteiger partial charge in [-0.05, 0) is 24.3 Å². The Labute approximate surface area is 118 Å². The fraction of sp³-hybridized carbons (Fsp3) is 0.0769. The second-order valence-electron chi connectivity index (χ2n) is 4.40. The van der Waals surface area contributed by atoms with Crippen LogP contribution in [0.1, 0.15) is 0 Å². The van der Waals surface area contributed by atoms with Crippen LogP contribution in [-0.2, 0) is 0 Å². The molecule has 0 radical (unpaired) electrons. The zero-order valence-corrected chi connectivity index (χ0v) is 11.0. The first-order valence-electron chi connectivity index (χ1n) is 5.92. The molecule has 6 nitrogen and oxygen atoms in total. The zero-order valence-electron chi connectivity index (χ0n) is 10.2. The largest absolute Gasteiger partial charge is 0.454 e. The Morgan fingerprint density at radius 1 is 1.15 bits per heavy atom. The van der Waals surface area contributed by atoms with E-state index >= 15 is 0 Å². The topological polar surface area (TPSA) is 74.7 Å². The number of benzene rings is 1. The van der Waals surface area contributed by atoms with Gasteiger partial charge in [-0.1, -0.05) is 11.6 Å². The molecular weight excluding hydrogens is 280 g/mol. The fourth-order valence-corrected chi connectivity index (χ4v) is 2.43. The zero-order chi connectivity index (χ0) is 13.7. The van der Waals surface area contributed by atoms with Crippen LogP contribution in [0, 0.1) is 0 Å².